The summed E-state index contributed by atoms with van der Waals surface area (Å²) in [5, 5.41) is 2.71. The van der Waals surface area contributed by atoms with Crippen LogP contribution in [0.4, 0.5) is 18.9 Å². The van der Waals surface area contributed by atoms with E-state index in [0.29, 0.717) is 5.16 Å². The van der Waals surface area contributed by atoms with Crippen molar-refractivity contribution in [2.24, 2.45) is 0 Å². The second-order valence-corrected chi connectivity index (χ2v) is 6.86. The van der Waals surface area contributed by atoms with E-state index in [-0.39, 0.29) is 11.4 Å². The van der Waals surface area contributed by atoms with Crippen molar-refractivity contribution < 1.29 is 27.5 Å². The van der Waals surface area contributed by atoms with E-state index in [2.05, 4.69) is 15.3 Å². The van der Waals surface area contributed by atoms with Gasteiger partial charge in [-0.15, -0.1) is 0 Å². The topological polar surface area (TPSA) is 81.2 Å². The van der Waals surface area contributed by atoms with Crippen LogP contribution in [0.1, 0.15) is 23.9 Å². The molecule has 28 heavy (non-hydrogen) atoms. The lowest BCUT2D eigenvalue weighted by atomic mass is 10.2. The molecule has 1 aromatic heterocycles. The average Bonchev–Trinajstić information content (AvgIpc) is 2.58. The summed E-state index contributed by atoms with van der Waals surface area (Å²) in [6.07, 6.45) is -5.70. The maximum Gasteiger partial charge on any atom is 0.416 e. The summed E-state index contributed by atoms with van der Waals surface area (Å²) in [4.78, 5) is 32.3. The minimum atomic E-state index is -4.52. The summed E-state index contributed by atoms with van der Waals surface area (Å²) in [5.74, 6) is -1.51. The Hall–Kier alpha value is -2.62. The highest BCUT2D eigenvalue weighted by molar-refractivity contribution is 7.99. The van der Waals surface area contributed by atoms with Crippen LogP contribution in [0.25, 0.3) is 0 Å². The van der Waals surface area contributed by atoms with Crippen molar-refractivity contribution in [2.75, 3.05) is 11.1 Å². The second-order valence-electron chi connectivity index (χ2n) is 5.92. The molecule has 150 valence electrons. The first-order valence-corrected chi connectivity index (χ1v) is 9.16. The summed E-state index contributed by atoms with van der Waals surface area (Å²) in [6, 6.07) is 5.98. The third kappa shape index (κ3) is 6.52. The van der Waals surface area contributed by atoms with E-state index in [9.17, 15) is 22.8 Å². The van der Waals surface area contributed by atoms with E-state index in [1.54, 1.807) is 19.9 Å². The zero-order chi connectivity index (χ0) is 20.9. The molecule has 10 heteroatoms. The quantitative estimate of drug-likeness (QED) is 0.441. The molecule has 1 aromatic carbocycles. The Bertz CT molecular complexity index is 854. The molecule has 0 saturated carbocycles. The summed E-state index contributed by atoms with van der Waals surface area (Å²) in [5.41, 5.74) is 0.593. The van der Waals surface area contributed by atoms with Crippen molar-refractivity contribution in [1.29, 1.82) is 0 Å². The van der Waals surface area contributed by atoms with Gasteiger partial charge in [0.15, 0.2) is 11.3 Å². The molecule has 0 aliphatic carbocycles. The largest absolute Gasteiger partial charge is 0.452 e. The molecule has 2 rings (SSSR count). The summed E-state index contributed by atoms with van der Waals surface area (Å²) < 4.78 is 43.2. The number of ether oxygens (including phenoxy) is 1. The number of rotatable bonds is 6. The molecule has 0 aliphatic rings. The van der Waals surface area contributed by atoms with Crippen LogP contribution in [-0.4, -0.2) is 33.7 Å². The fourth-order valence-electron chi connectivity index (χ4n) is 2.18. The number of carbonyl (C=O) groups excluding carboxylic acids is 2. The number of hydrogen-bond acceptors (Lipinski definition) is 6. The van der Waals surface area contributed by atoms with E-state index >= 15 is 0 Å². The number of benzene rings is 1. The van der Waals surface area contributed by atoms with Crippen LogP contribution in [-0.2, 0) is 20.5 Å². The first kappa shape index (κ1) is 21.7. The van der Waals surface area contributed by atoms with Gasteiger partial charge in [-0.3, -0.25) is 9.59 Å². The lowest BCUT2D eigenvalue weighted by Gasteiger charge is -2.14. The van der Waals surface area contributed by atoms with Crippen LogP contribution >= 0.6 is 11.8 Å². The Morgan fingerprint density at radius 3 is 2.43 bits per heavy atom. The van der Waals surface area contributed by atoms with Gasteiger partial charge in [-0.05, 0) is 45.0 Å². The maximum atomic E-state index is 12.7. The van der Waals surface area contributed by atoms with Crippen molar-refractivity contribution in [1.82, 2.24) is 9.97 Å². The van der Waals surface area contributed by atoms with Crippen LogP contribution in [0.2, 0.25) is 0 Å². The normalized spacial score (nSPS) is 12.4. The standard InChI is InChI=1S/C18H18F3N3O3S/c1-10-7-11(2)23-17(22-10)28-9-15(25)27-12(3)16(26)24-14-6-4-5-13(8-14)18(19,20)21/h4-8,12H,9H2,1-3H3,(H,24,26). The van der Waals surface area contributed by atoms with Crippen molar-refractivity contribution in [2.45, 2.75) is 38.2 Å². The number of alkyl halides is 3. The van der Waals surface area contributed by atoms with Gasteiger partial charge in [-0.2, -0.15) is 13.2 Å². The molecular weight excluding hydrogens is 395 g/mol. The molecule has 1 heterocycles. The number of nitrogens with one attached hydrogen (secondary N) is 1. The highest BCUT2D eigenvalue weighted by Crippen LogP contribution is 2.30. The lowest BCUT2D eigenvalue weighted by Crippen LogP contribution is -2.30. The van der Waals surface area contributed by atoms with E-state index in [1.165, 1.54) is 19.1 Å². The summed E-state index contributed by atoms with van der Waals surface area (Å²) >= 11 is 1.07. The molecule has 0 saturated heterocycles. The van der Waals surface area contributed by atoms with Gasteiger partial charge in [-0.1, -0.05) is 17.8 Å². The minimum absolute atomic E-state index is 0.0410. The van der Waals surface area contributed by atoms with Gasteiger partial charge >= 0.3 is 12.1 Å². The van der Waals surface area contributed by atoms with Crippen LogP contribution in [0, 0.1) is 13.8 Å². The van der Waals surface area contributed by atoms with E-state index < -0.39 is 29.7 Å². The van der Waals surface area contributed by atoms with Gasteiger partial charge in [0.05, 0.1) is 11.3 Å². The first-order valence-electron chi connectivity index (χ1n) is 8.17. The predicted octanol–water partition coefficient (Wildman–Crippen LogP) is 3.77. The second kappa shape index (κ2) is 9.05. The van der Waals surface area contributed by atoms with Crippen LogP contribution in [0.15, 0.2) is 35.5 Å². The number of esters is 1. The summed E-state index contributed by atoms with van der Waals surface area (Å²) in [6.45, 7) is 4.94. The number of halogens is 3. The Kier molecular flexibility index (Phi) is 7.00. The van der Waals surface area contributed by atoms with Crippen molar-refractivity contribution in [3.05, 3.63) is 47.3 Å². The Labute approximate surface area is 163 Å². The molecule has 1 unspecified atom stereocenters. The molecule has 6 nitrogen and oxygen atoms in total. The monoisotopic (exact) mass is 413 g/mol. The molecule has 0 aliphatic heterocycles. The minimum Gasteiger partial charge on any atom is -0.452 e. The van der Waals surface area contributed by atoms with Gasteiger partial charge in [0, 0.05) is 17.1 Å². The van der Waals surface area contributed by atoms with Gasteiger partial charge in [-0.25, -0.2) is 9.97 Å². The molecule has 0 radical (unpaired) electrons. The molecule has 2 aromatic rings. The van der Waals surface area contributed by atoms with Crippen LogP contribution < -0.4 is 5.32 Å². The molecule has 1 amide bonds. The van der Waals surface area contributed by atoms with Crippen LogP contribution in [0.5, 0.6) is 0 Å². The molecule has 1 N–H and O–H groups in total. The molecule has 1 atom stereocenters. The zero-order valence-electron chi connectivity index (χ0n) is 15.3. The van der Waals surface area contributed by atoms with E-state index in [0.717, 1.165) is 35.3 Å². The number of nitrogens with zero attached hydrogens (tertiary/aromatic N) is 2. The SMILES string of the molecule is Cc1cc(C)nc(SCC(=O)OC(C)C(=O)Nc2cccc(C(F)(F)F)c2)n1. The zero-order valence-corrected chi connectivity index (χ0v) is 16.1. The highest BCUT2D eigenvalue weighted by Gasteiger charge is 2.30. The van der Waals surface area contributed by atoms with Crippen molar-refractivity contribution >= 4 is 29.3 Å². The number of amides is 1. The summed E-state index contributed by atoms with van der Waals surface area (Å²) in [7, 11) is 0. The van der Waals surface area contributed by atoms with Crippen molar-refractivity contribution in [3.8, 4) is 0 Å². The number of thioether (sulfide) groups is 1. The number of aromatic nitrogens is 2. The van der Waals surface area contributed by atoms with Gasteiger partial charge in [0.1, 0.15) is 0 Å². The maximum absolute atomic E-state index is 12.7. The smallest absolute Gasteiger partial charge is 0.416 e. The molecule has 0 bridgehead atoms. The van der Waals surface area contributed by atoms with Gasteiger partial charge < -0.3 is 10.1 Å². The van der Waals surface area contributed by atoms with Gasteiger partial charge in [0.25, 0.3) is 5.91 Å². The molecule has 0 spiro atoms. The lowest BCUT2D eigenvalue weighted by molar-refractivity contribution is -0.150. The molecule has 0 fully saturated rings. The van der Waals surface area contributed by atoms with Crippen molar-refractivity contribution in [3.63, 3.8) is 0 Å². The fourth-order valence-corrected chi connectivity index (χ4v) is 2.92. The van der Waals surface area contributed by atoms with E-state index in [4.69, 9.17) is 4.74 Å². The molecular formula is C18H18F3N3O3S. The first-order chi connectivity index (χ1) is 13.0. The number of hydrogen-bond donors (Lipinski definition) is 1. The van der Waals surface area contributed by atoms with Gasteiger partial charge in [0.2, 0.25) is 0 Å². The van der Waals surface area contributed by atoms with E-state index in [1.807, 2.05) is 0 Å². The fraction of sp³-hybridized carbons (Fsp3) is 0.333. The highest BCUT2D eigenvalue weighted by atomic mass is 32.2. The average molecular weight is 413 g/mol. The Morgan fingerprint density at radius 2 is 1.82 bits per heavy atom. The third-order valence-electron chi connectivity index (χ3n) is 3.42. The van der Waals surface area contributed by atoms with Crippen LogP contribution in [0.3, 0.4) is 0 Å². The number of carbonyl (C=O) groups is 2. The number of anilines is 1. The Balaban J connectivity index is 1.88. The third-order valence-corrected chi connectivity index (χ3v) is 4.24. The Morgan fingerprint density at radius 1 is 1.18 bits per heavy atom. The predicted molar refractivity (Wildman–Crippen MR) is 97.9 cm³/mol. The number of aryl methyl sites for hydroxylation is 2.